The SMILES string of the molecule is CCn1c(CNC(=O)c2nc(Cl)c(N)nc2N)[n+](C)c2ccc(CCC(=O)OC)cc21.[I-]. The quantitative estimate of drug-likeness (QED) is 0.171. The minimum absolute atomic E-state index is 0. The minimum Gasteiger partial charge on any atom is -1.00 e. The minimum atomic E-state index is -0.501. The lowest BCUT2D eigenvalue weighted by Crippen LogP contribution is -3.00. The van der Waals surface area contributed by atoms with Crippen molar-refractivity contribution in [2.24, 2.45) is 7.05 Å². The van der Waals surface area contributed by atoms with E-state index in [1.54, 1.807) is 0 Å². The highest BCUT2D eigenvalue weighted by Crippen LogP contribution is 2.19. The number of fused-ring (bicyclic) bond motifs is 1. The second-order valence-electron chi connectivity index (χ2n) is 6.93. The standard InChI is InChI=1S/C20H24ClN7O3.HI/c1-4-28-13-9-11(6-8-15(29)31-3)5-7-12(13)27(2)14(28)10-24-20(30)16-18(22)26-19(23)17(21)25-16;/h5,7,9H,4,6,8,10H2,1-3H3,(H4-,22,23,24,26,30);1H. The van der Waals surface area contributed by atoms with Gasteiger partial charge in [0.05, 0.1) is 20.7 Å². The number of hydrogen-bond acceptors (Lipinski definition) is 7. The number of aryl methyl sites for hydroxylation is 3. The van der Waals surface area contributed by atoms with Gasteiger partial charge in [-0.2, -0.15) is 0 Å². The molecular formula is C20H25ClIN7O3. The lowest BCUT2D eigenvalue weighted by atomic mass is 10.1. The Kier molecular flexibility index (Phi) is 8.61. The zero-order chi connectivity index (χ0) is 22.7. The number of nitrogens with one attached hydrogen (secondary N) is 1. The van der Waals surface area contributed by atoms with Crippen LogP contribution < -0.4 is 45.3 Å². The molecule has 1 aromatic carbocycles. The normalized spacial score (nSPS) is 10.6. The Labute approximate surface area is 207 Å². The Morgan fingerprint density at radius 3 is 2.62 bits per heavy atom. The molecule has 172 valence electrons. The second-order valence-corrected chi connectivity index (χ2v) is 7.29. The number of anilines is 2. The summed E-state index contributed by atoms with van der Waals surface area (Å²) in [6.07, 6.45) is 0.902. The summed E-state index contributed by atoms with van der Waals surface area (Å²) in [5, 5.41) is 2.74. The molecule has 0 spiro atoms. The summed E-state index contributed by atoms with van der Waals surface area (Å²) in [7, 11) is 3.31. The highest BCUT2D eigenvalue weighted by atomic mass is 127. The molecule has 3 rings (SSSR count). The fourth-order valence-electron chi connectivity index (χ4n) is 3.45. The molecule has 0 bridgehead atoms. The molecule has 0 saturated carbocycles. The molecule has 32 heavy (non-hydrogen) atoms. The van der Waals surface area contributed by atoms with Crippen molar-refractivity contribution >= 4 is 46.1 Å². The Bertz CT molecular complexity index is 1170. The predicted octanol–water partition coefficient (Wildman–Crippen LogP) is -1.87. The maximum Gasteiger partial charge on any atom is 0.305 e. The summed E-state index contributed by atoms with van der Waals surface area (Å²) in [5.74, 6) is 0.0129. The van der Waals surface area contributed by atoms with Crippen LogP contribution in [0.1, 0.15) is 35.2 Å². The second kappa shape index (κ2) is 10.8. The van der Waals surface area contributed by atoms with Crippen molar-refractivity contribution in [3.8, 4) is 0 Å². The third-order valence-corrected chi connectivity index (χ3v) is 5.36. The van der Waals surface area contributed by atoms with Gasteiger partial charge in [-0.25, -0.2) is 19.1 Å². The summed E-state index contributed by atoms with van der Waals surface area (Å²) >= 11 is 5.87. The number of nitrogens with zero attached hydrogens (tertiary/aromatic N) is 4. The Balaban J connectivity index is 0.00000363. The van der Waals surface area contributed by atoms with Crippen LogP contribution in [0.2, 0.25) is 5.15 Å². The molecular weight excluding hydrogens is 549 g/mol. The molecule has 2 aromatic heterocycles. The zero-order valence-corrected chi connectivity index (χ0v) is 20.9. The predicted molar refractivity (Wildman–Crippen MR) is 116 cm³/mol. The molecule has 0 saturated heterocycles. The van der Waals surface area contributed by atoms with Crippen LogP contribution in [0.4, 0.5) is 11.6 Å². The maximum atomic E-state index is 12.6. The first-order valence-electron chi connectivity index (χ1n) is 9.70. The number of methoxy groups -OCH3 is 1. The molecule has 0 atom stereocenters. The Morgan fingerprint density at radius 2 is 1.97 bits per heavy atom. The third kappa shape index (κ3) is 5.21. The van der Waals surface area contributed by atoms with E-state index in [0.717, 1.165) is 22.4 Å². The summed E-state index contributed by atoms with van der Waals surface area (Å²) in [6, 6.07) is 6.04. The number of ether oxygens (including phenoxy) is 1. The van der Waals surface area contributed by atoms with Gasteiger partial charge in [-0.05, 0) is 31.0 Å². The van der Waals surface area contributed by atoms with Crippen LogP contribution in [0.15, 0.2) is 18.2 Å². The molecule has 0 aliphatic carbocycles. The monoisotopic (exact) mass is 573 g/mol. The largest absolute Gasteiger partial charge is 1.00 e. The van der Waals surface area contributed by atoms with Crippen LogP contribution >= 0.6 is 11.6 Å². The fraction of sp³-hybridized carbons (Fsp3) is 0.350. The number of amides is 1. The first-order valence-corrected chi connectivity index (χ1v) is 10.1. The number of nitrogen functional groups attached to an aromatic ring is 2. The molecule has 2 heterocycles. The first kappa shape index (κ1) is 25.6. The molecule has 0 unspecified atom stereocenters. The molecule has 0 aliphatic rings. The van der Waals surface area contributed by atoms with Crippen molar-refractivity contribution in [3.63, 3.8) is 0 Å². The van der Waals surface area contributed by atoms with Crippen molar-refractivity contribution in [2.75, 3.05) is 18.6 Å². The summed E-state index contributed by atoms with van der Waals surface area (Å²) in [4.78, 5) is 31.8. The first-order chi connectivity index (χ1) is 14.8. The van der Waals surface area contributed by atoms with Crippen LogP contribution in [0.25, 0.3) is 11.0 Å². The molecule has 0 radical (unpaired) electrons. The number of benzene rings is 1. The van der Waals surface area contributed by atoms with E-state index in [-0.39, 0.29) is 59.0 Å². The number of rotatable bonds is 7. The Hall–Kier alpha value is -2.67. The third-order valence-electron chi connectivity index (χ3n) is 5.08. The van der Waals surface area contributed by atoms with E-state index in [1.807, 2.05) is 30.7 Å². The van der Waals surface area contributed by atoms with Crippen LogP contribution in [-0.2, 0) is 36.1 Å². The van der Waals surface area contributed by atoms with Gasteiger partial charge in [0.25, 0.3) is 11.7 Å². The highest BCUT2D eigenvalue weighted by molar-refractivity contribution is 6.31. The Morgan fingerprint density at radius 1 is 1.25 bits per heavy atom. The number of esters is 1. The number of nitrogens with two attached hydrogens (primary N) is 2. The van der Waals surface area contributed by atoms with Crippen LogP contribution in [0.3, 0.4) is 0 Å². The van der Waals surface area contributed by atoms with E-state index in [2.05, 4.69) is 25.9 Å². The van der Waals surface area contributed by atoms with Crippen LogP contribution in [0, 0.1) is 0 Å². The van der Waals surface area contributed by atoms with Gasteiger partial charge in [0, 0.05) is 6.42 Å². The van der Waals surface area contributed by atoms with E-state index in [0.29, 0.717) is 19.4 Å². The summed E-state index contributed by atoms with van der Waals surface area (Å²) < 4.78 is 8.83. The zero-order valence-electron chi connectivity index (χ0n) is 18.0. The van der Waals surface area contributed by atoms with Crippen molar-refractivity contribution < 1.29 is 42.9 Å². The van der Waals surface area contributed by atoms with Crippen molar-refractivity contribution in [1.29, 1.82) is 0 Å². The summed E-state index contributed by atoms with van der Waals surface area (Å²) in [5.41, 5.74) is 14.3. The average molecular weight is 574 g/mol. The molecule has 1 amide bonds. The number of carbonyl (C=O) groups is 2. The topological polar surface area (TPSA) is 142 Å². The van der Waals surface area contributed by atoms with Gasteiger partial charge >= 0.3 is 5.97 Å². The van der Waals surface area contributed by atoms with Crippen molar-refractivity contribution in [2.45, 2.75) is 32.9 Å². The lowest BCUT2D eigenvalue weighted by molar-refractivity contribution is -0.654. The van der Waals surface area contributed by atoms with Gasteiger partial charge in [0.2, 0.25) is 0 Å². The van der Waals surface area contributed by atoms with Gasteiger partial charge in [0.1, 0.15) is 6.54 Å². The van der Waals surface area contributed by atoms with Crippen LogP contribution in [-0.4, -0.2) is 33.5 Å². The number of carbonyl (C=O) groups excluding carboxylic acids is 2. The molecule has 5 N–H and O–H groups in total. The highest BCUT2D eigenvalue weighted by Gasteiger charge is 2.24. The summed E-state index contributed by atoms with van der Waals surface area (Å²) in [6.45, 7) is 2.95. The molecule has 10 nitrogen and oxygen atoms in total. The number of imidazole rings is 1. The molecule has 3 aromatic rings. The molecule has 12 heteroatoms. The van der Waals surface area contributed by atoms with E-state index < -0.39 is 5.91 Å². The van der Waals surface area contributed by atoms with E-state index in [9.17, 15) is 9.59 Å². The maximum absolute atomic E-state index is 12.6. The van der Waals surface area contributed by atoms with Crippen LogP contribution in [0.5, 0.6) is 0 Å². The van der Waals surface area contributed by atoms with E-state index >= 15 is 0 Å². The number of halogens is 2. The van der Waals surface area contributed by atoms with Crippen molar-refractivity contribution in [3.05, 3.63) is 40.4 Å². The number of hydrogen-bond donors (Lipinski definition) is 3. The number of aromatic nitrogens is 4. The lowest BCUT2D eigenvalue weighted by Gasteiger charge is -2.07. The molecule has 0 fully saturated rings. The van der Waals surface area contributed by atoms with E-state index in [1.165, 1.54) is 7.11 Å². The molecule has 0 aliphatic heterocycles. The average Bonchev–Trinajstić information content (AvgIpc) is 3.03. The van der Waals surface area contributed by atoms with Gasteiger partial charge < -0.3 is 45.5 Å². The van der Waals surface area contributed by atoms with Crippen molar-refractivity contribution in [1.82, 2.24) is 19.9 Å². The van der Waals surface area contributed by atoms with Gasteiger partial charge in [-0.1, -0.05) is 17.7 Å². The van der Waals surface area contributed by atoms with Gasteiger partial charge in [-0.15, -0.1) is 0 Å². The van der Waals surface area contributed by atoms with E-state index in [4.69, 9.17) is 27.8 Å². The smallest absolute Gasteiger partial charge is 0.305 e. The fourth-order valence-corrected chi connectivity index (χ4v) is 3.58. The van der Waals surface area contributed by atoms with Gasteiger partial charge in [0.15, 0.2) is 33.5 Å². The van der Waals surface area contributed by atoms with Gasteiger partial charge in [-0.3, -0.25) is 9.59 Å².